The van der Waals surface area contributed by atoms with Crippen molar-refractivity contribution in [2.75, 3.05) is 20.2 Å². The predicted octanol–water partition coefficient (Wildman–Crippen LogP) is 6.08. The second-order valence-corrected chi connectivity index (χ2v) is 11.9. The molecule has 0 radical (unpaired) electrons. The number of halogens is 2. The van der Waals surface area contributed by atoms with E-state index in [2.05, 4.69) is 25.9 Å². The fourth-order valence-electron chi connectivity index (χ4n) is 5.76. The van der Waals surface area contributed by atoms with E-state index in [0.717, 1.165) is 73.8 Å². The Balaban J connectivity index is 1.09. The monoisotopic (exact) mass is 635 g/mol. The Hall–Kier alpha value is -3.86. The van der Waals surface area contributed by atoms with Crippen LogP contribution in [0.25, 0.3) is 11.0 Å². The lowest BCUT2D eigenvalue weighted by molar-refractivity contribution is 0.0601. The average molecular weight is 637 g/mol. The summed E-state index contributed by atoms with van der Waals surface area (Å²) < 4.78 is 17.2. The van der Waals surface area contributed by atoms with Gasteiger partial charge in [0.2, 0.25) is 0 Å². The lowest BCUT2D eigenvalue weighted by Crippen LogP contribution is -2.35. The van der Waals surface area contributed by atoms with E-state index in [0.29, 0.717) is 40.4 Å². The predicted molar refractivity (Wildman–Crippen MR) is 169 cm³/mol. The van der Waals surface area contributed by atoms with E-state index in [1.54, 1.807) is 24.3 Å². The number of piperidine rings is 1. The van der Waals surface area contributed by atoms with Crippen molar-refractivity contribution in [3.63, 3.8) is 0 Å². The number of ether oxygens (including phenoxy) is 2. The van der Waals surface area contributed by atoms with Gasteiger partial charge in [-0.15, -0.1) is 0 Å². The number of carbonyl (C=O) groups excluding carboxylic acids is 1. The Morgan fingerprint density at radius 3 is 2.68 bits per heavy atom. The molecule has 0 N–H and O–H groups in total. The van der Waals surface area contributed by atoms with Gasteiger partial charge in [0.25, 0.3) is 0 Å². The molecule has 1 saturated heterocycles. The zero-order valence-corrected chi connectivity index (χ0v) is 26.3. The van der Waals surface area contributed by atoms with E-state index in [1.165, 1.54) is 7.11 Å². The molecule has 0 unspecified atom stereocenters. The molecule has 4 heterocycles. The van der Waals surface area contributed by atoms with Gasteiger partial charge in [-0.25, -0.2) is 14.8 Å². The number of methoxy groups -OCH3 is 1. The van der Waals surface area contributed by atoms with Crippen molar-refractivity contribution >= 4 is 40.2 Å². The molecule has 44 heavy (non-hydrogen) atoms. The SMILES string of the molecule is CCn1cncc1Cn1c(CN2CCC(Cn3ccc(COc4ccc(Cl)cc4Cl)n3)CC2)nc2ccc(C(=O)OC)cc21. The molecule has 0 amide bonds. The highest BCUT2D eigenvalue weighted by Crippen LogP contribution is 2.28. The van der Waals surface area contributed by atoms with Crippen molar-refractivity contribution in [2.45, 2.75) is 52.6 Å². The maximum atomic E-state index is 12.3. The minimum absolute atomic E-state index is 0.341. The van der Waals surface area contributed by atoms with Crippen LogP contribution in [0.2, 0.25) is 10.0 Å². The van der Waals surface area contributed by atoms with Gasteiger partial charge in [0.1, 0.15) is 18.2 Å². The Kier molecular flexibility index (Phi) is 9.20. The number of nitrogens with zero attached hydrogens (tertiary/aromatic N) is 7. The van der Waals surface area contributed by atoms with Gasteiger partial charge < -0.3 is 18.6 Å². The van der Waals surface area contributed by atoms with Crippen LogP contribution in [-0.4, -0.2) is 60.0 Å². The Bertz CT molecular complexity index is 1750. The zero-order valence-electron chi connectivity index (χ0n) is 24.8. The summed E-state index contributed by atoms with van der Waals surface area (Å²) in [5.41, 5.74) is 4.24. The van der Waals surface area contributed by atoms with Gasteiger partial charge in [0.05, 0.1) is 59.5 Å². The van der Waals surface area contributed by atoms with Gasteiger partial charge in [0.15, 0.2) is 0 Å². The Morgan fingerprint density at radius 1 is 1.07 bits per heavy atom. The molecule has 1 aliphatic heterocycles. The molecule has 230 valence electrons. The van der Waals surface area contributed by atoms with Crippen LogP contribution in [0.1, 0.15) is 47.3 Å². The van der Waals surface area contributed by atoms with Crippen molar-refractivity contribution < 1.29 is 14.3 Å². The van der Waals surface area contributed by atoms with Gasteiger partial charge in [-0.3, -0.25) is 9.58 Å². The molecule has 5 aromatic rings. The lowest BCUT2D eigenvalue weighted by Gasteiger charge is -2.31. The number of hydrogen-bond donors (Lipinski definition) is 0. The summed E-state index contributed by atoms with van der Waals surface area (Å²) >= 11 is 12.2. The Labute approximate surface area is 266 Å². The molecular formula is C32H35Cl2N7O3. The highest BCUT2D eigenvalue weighted by atomic mass is 35.5. The van der Waals surface area contributed by atoms with E-state index >= 15 is 0 Å². The van der Waals surface area contributed by atoms with E-state index in [1.807, 2.05) is 41.6 Å². The van der Waals surface area contributed by atoms with Crippen LogP contribution in [-0.2, 0) is 37.5 Å². The summed E-state index contributed by atoms with van der Waals surface area (Å²) in [5, 5.41) is 5.78. The minimum atomic E-state index is -0.357. The summed E-state index contributed by atoms with van der Waals surface area (Å²) in [6.07, 6.45) is 7.90. The number of imidazole rings is 2. The third-order valence-corrected chi connectivity index (χ3v) is 8.72. The molecular weight excluding hydrogens is 601 g/mol. The first-order valence-corrected chi connectivity index (χ1v) is 15.5. The molecule has 1 aliphatic rings. The highest BCUT2D eigenvalue weighted by molar-refractivity contribution is 6.35. The van der Waals surface area contributed by atoms with Crippen molar-refractivity contribution in [3.05, 3.63) is 94.0 Å². The zero-order chi connectivity index (χ0) is 30.6. The van der Waals surface area contributed by atoms with Crippen molar-refractivity contribution in [3.8, 4) is 5.75 Å². The summed E-state index contributed by atoms with van der Waals surface area (Å²) in [5.74, 6) is 1.74. The number of esters is 1. The van der Waals surface area contributed by atoms with E-state index < -0.39 is 0 Å². The van der Waals surface area contributed by atoms with Gasteiger partial charge in [-0.1, -0.05) is 23.2 Å². The maximum absolute atomic E-state index is 12.3. The van der Waals surface area contributed by atoms with Gasteiger partial charge >= 0.3 is 5.97 Å². The standard InChI is InChI=1S/C32H35Cl2N7O3/c1-3-39-21-35-16-26(39)18-41-29-14-23(32(42)43-2)4-6-28(29)36-31(41)19-38-11-8-22(9-12-38)17-40-13-10-25(37-40)20-44-30-7-5-24(33)15-27(30)34/h4-7,10,13-16,21-22H,3,8-9,11-12,17-20H2,1-2H3. The number of aryl methyl sites for hydroxylation is 1. The van der Waals surface area contributed by atoms with Gasteiger partial charge in [0, 0.05) is 30.5 Å². The number of fused-ring (bicyclic) bond motifs is 1. The topological polar surface area (TPSA) is 92.2 Å². The first-order chi connectivity index (χ1) is 21.4. The van der Waals surface area contributed by atoms with Crippen molar-refractivity contribution in [2.24, 2.45) is 5.92 Å². The third kappa shape index (κ3) is 6.77. The van der Waals surface area contributed by atoms with E-state index in [9.17, 15) is 4.79 Å². The van der Waals surface area contributed by atoms with Crippen LogP contribution in [0, 0.1) is 5.92 Å². The molecule has 0 saturated carbocycles. The van der Waals surface area contributed by atoms with Crippen molar-refractivity contribution in [1.29, 1.82) is 0 Å². The molecule has 0 spiro atoms. The summed E-state index contributed by atoms with van der Waals surface area (Å²) in [4.78, 5) is 24.1. The molecule has 0 aliphatic carbocycles. The molecule has 2 aromatic carbocycles. The molecule has 0 atom stereocenters. The molecule has 6 rings (SSSR count). The first-order valence-electron chi connectivity index (χ1n) is 14.8. The molecule has 0 bridgehead atoms. The third-order valence-electron chi connectivity index (χ3n) is 8.19. The largest absolute Gasteiger partial charge is 0.486 e. The number of likely N-dealkylation sites (tertiary alicyclic amines) is 1. The van der Waals surface area contributed by atoms with Gasteiger partial charge in [-0.2, -0.15) is 5.10 Å². The summed E-state index contributed by atoms with van der Waals surface area (Å²) in [6.45, 7) is 7.44. The van der Waals surface area contributed by atoms with Gasteiger partial charge in [-0.05, 0) is 81.2 Å². The number of rotatable bonds is 11. The fraction of sp³-hybridized carbons (Fsp3) is 0.375. The maximum Gasteiger partial charge on any atom is 0.337 e. The quantitative estimate of drug-likeness (QED) is 0.162. The summed E-state index contributed by atoms with van der Waals surface area (Å²) in [7, 11) is 1.40. The average Bonchev–Trinajstić information content (AvgIpc) is 3.76. The van der Waals surface area contributed by atoms with Crippen LogP contribution < -0.4 is 4.74 Å². The molecule has 12 heteroatoms. The second kappa shape index (κ2) is 13.4. The van der Waals surface area contributed by atoms with Crippen LogP contribution in [0.15, 0.2) is 61.2 Å². The highest BCUT2D eigenvalue weighted by Gasteiger charge is 2.23. The number of carbonyl (C=O) groups is 1. The number of aromatic nitrogens is 6. The van der Waals surface area contributed by atoms with E-state index in [4.69, 9.17) is 42.8 Å². The normalized spacial score (nSPS) is 14.4. The van der Waals surface area contributed by atoms with Crippen LogP contribution in [0.5, 0.6) is 5.75 Å². The van der Waals surface area contributed by atoms with Crippen LogP contribution >= 0.6 is 23.2 Å². The molecule has 3 aromatic heterocycles. The fourth-order valence-corrected chi connectivity index (χ4v) is 6.22. The number of benzene rings is 2. The lowest BCUT2D eigenvalue weighted by atomic mass is 9.97. The van der Waals surface area contributed by atoms with Crippen molar-refractivity contribution in [1.82, 2.24) is 33.8 Å². The van der Waals surface area contributed by atoms with Crippen LogP contribution in [0.3, 0.4) is 0 Å². The van der Waals surface area contributed by atoms with E-state index in [-0.39, 0.29) is 5.97 Å². The second-order valence-electron chi connectivity index (χ2n) is 11.1. The smallest absolute Gasteiger partial charge is 0.337 e. The molecule has 10 nitrogen and oxygen atoms in total. The van der Waals surface area contributed by atoms with Crippen LogP contribution in [0.4, 0.5) is 0 Å². The Morgan fingerprint density at radius 2 is 1.91 bits per heavy atom. The number of hydrogen-bond acceptors (Lipinski definition) is 7. The first kappa shape index (κ1) is 30.2. The minimum Gasteiger partial charge on any atom is -0.486 e. The molecule has 1 fully saturated rings. The summed E-state index contributed by atoms with van der Waals surface area (Å²) in [6, 6.07) is 12.7.